The van der Waals surface area contributed by atoms with Gasteiger partial charge < -0.3 is 15.1 Å². The number of phenols is 2. The molecular weight excluding hydrogens is 170 g/mol. The van der Waals surface area contributed by atoms with Crippen molar-refractivity contribution < 1.29 is 15.1 Å². The number of benzene rings is 1. The van der Waals surface area contributed by atoms with Crippen LogP contribution in [0.15, 0.2) is 18.2 Å². The first-order valence-corrected chi connectivity index (χ1v) is 3.95. The second-order valence-electron chi connectivity index (χ2n) is 2.79. The zero-order valence-electron chi connectivity index (χ0n) is 7.61. The first-order chi connectivity index (χ1) is 6.15. The molecule has 3 N–H and O–H groups in total. The van der Waals surface area contributed by atoms with Crippen LogP contribution < -0.4 is 5.48 Å². The van der Waals surface area contributed by atoms with Crippen LogP contribution in [0, 0.1) is 0 Å². The van der Waals surface area contributed by atoms with Crippen LogP contribution in [-0.2, 0) is 4.84 Å². The van der Waals surface area contributed by atoms with Gasteiger partial charge in [0.15, 0.2) is 0 Å². The lowest BCUT2D eigenvalue weighted by Crippen LogP contribution is -2.16. The minimum atomic E-state index is -0.169. The predicted molar refractivity (Wildman–Crippen MR) is 48.3 cm³/mol. The van der Waals surface area contributed by atoms with Gasteiger partial charge in [0.2, 0.25) is 0 Å². The standard InChI is InChI=1S/C9H13NO3/c1-6(10-13-2)8-5-7(11)3-4-9(8)12/h3-6,10-12H,1-2H3. The van der Waals surface area contributed by atoms with E-state index >= 15 is 0 Å². The molecule has 72 valence electrons. The number of hydrogen-bond donors (Lipinski definition) is 3. The van der Waals surface area contributed by atoms with E-state index in [0.29, 0.717) is 5.56 Å². The van der Waals surface area contributed by atoms with Crippen LogP contribution in [0.5, 0.6) is 11.5 Å². The molecule has 0 bridgehead atoms. The summed E-state index contributed by atoms with van der Waals surface area (Å²) in [5.41, 5.74) is 3.26. The fourth-order valence-electron chi connectivity index (χ4n) is 1.13. The lowest BCUT2D eigenvalue weighted by Gasteiger charge is -2.13. The molecular formula is C9H13NO3. The van der Waals surface area contributed by atoms with Crippen molar-refractivity contribution in [2.45, 2.75) is 13.0 Å². The van der Waals surface area contributed by atoms with Gasteiger partial charge in [-0.05, 0) is 25.1 Å². The third kappa shape index (κ3) is 2.34. The van der Waals surface area contributed by atoms with E-state index in [9.17, 15) is 10.2 Å². The fourth-order valence-corrected chi connectivity index (χ4v) is 1.13. The summed E-state index contributed by atoms with van der Waals surface area (Å²) in [6.07, 6.45) is 0. The van der Waals surface area contributed by atoms with Gasteiger partial charge in [-0.1, -0.05) is 0 Å². The van der Waals surface area contributed by atoms with Crippen molar-refractivity contribution in [3.05, 3.63) is 23.8 Å². The van der Waals surface area contributed by atoms with E-state index in [1.807, 2.05) is 6.92 Å². The van der Waals surface area contributed by atoms with Gasteiger partial charge in [0.1, 0.15) is 11.5 Å². The van der Waals surface area contributed by atoms with E-state index in [-0.39, 0.29) is 17.5 Å². The van der Waals surface area contributed by atoms with Crippen molar-refractivity contribution in [2.24, 2.45) is 0 Å². The van der Waals surface area contributed by atoms with Gasteiger partial charge in [0.25, 0.3) is 0 Å². The Labute approximate surface area is 76.7 Å². The highest BCUT2D eigenvalue weighted by atomic mass is 16.6. The Kier molecular flexibility index (Phi) is 3.11. The molecule has 1 aromatic carbocycles. The Morgan fingerprint density at radius 2 is 2.08 bits per heavy atom. The van der Waals surface area contributed by atoms with Gasteiger partial charge in [0, 0.05) is 5.56 Å². The molecule has 0 aromatic heterocycles. The topological polar surface area (TPSA) is 61.7 Å². The molecule has 1 aromatic rings. The molecule has 13 heavy (non-hydrogen) atoms. The Bertz CT molecular complexity index is 288. The lowest BCUT2D eigenvalue weighted by atomic mass is 10.1. The van der Waals surface area contributed by atoms with E-state index in [4.69, 9.17) is 4.84 Å². The first kappa shape index (κ1) is 9.83. The largest absolute Gasteiger partial charge is 0.508 e. The molecule has 1 rings (SSSR count). The maximum Gasteiger partial charge on any atom is 0.120 e. The van der Waals surface area contributed by atoms with Crippen molar-refractivity contribution in [3.8, 4) is 11.5 Å². The second-order valence-corrected chi connectivity index (χ2v) is 2.79. The number of hydrogen-bond acceptors (Lipinski definition) is 4. The molecule has 0 fully saturated rings. The molecule has 4 nitrogen and oxygen atoms in total. The van der Waals surface area contributed by atoms with E-state index in [1.165, 1.54) is 25.3 Å². The van der Waals surface area contributed by atoms with Gasteiger partial charge >= 0.3 is 0 Å². The highest BCUT2D eigenvalue weighted by molar-refractivity contribution is 5.40. The van der Waals surface area contributed by atoms with Crippen LogP contribution in [-0.4, -0.2) is 17.3 Å². The van der Waals surface area contributed by atoms with E-state index in [1.54, 1.807) is 0 Å². The highest BCUT2D eigenvalue weighted by Crippen LogP contribution is 2.27. The first-order valence-electron chi connectivity index (χ1n) is 3.95. The van der Waals surface area contributed by atoms with Crippen LogP contribution in [0.25, 0.3) is 0 Å². The maximum atomic E-state index is 9.43. The fraction of sp³-hybridized carbons (Fsp3) is 0.333. The molecule has 1 unspecified atom stereocenters. The lowest BCUT2D eigenvalue weighted by molar-refractivity contribution is 0.0651. The molecule has 0 aliphatic rings. The average Bonchev–Trinajstić information content (AvgIpc) is 2.09. The van der Waals surface area contributed by atoms with E-state index in [0.717, 1.165) is 0 Å². The van der Waals surface area contributed by atoms with Crippen LogP contribution in [0.2, 0.25) is 0 Å². The van der Waals surface area contributed by atoms with Gasteiger partial charge in [-0.25, -0.2) is 0 Å². The van der Waals surface area contributed by atoms with Crippen molar-refractivity contribution in [1.82, 2.24) is 5.48 Å². The monoisotopic (exact) mass is 183 g/mol. The summed E-state index contributed by atoms with van der Waals surface area (Å²) >= 11 is 0. The Hall–Kier alpha value is -1.26. The third-order valence-corrected chi connectivity index (χ3v) is 1.77. The normalized spacial score (nSPS) is 12.8. The van der Waals surface area contributed by atoms with Crippen LogP contribution in [0.1, 0.15) is 18.5 Å². The van der Waals surface area contributed by atoms with Crippen LogP contribution >= 0.6 is 0 Å². The summed E-state index contributed by atoms with van der Waals surface area (Å²) in [7, 11) is 1.50. The summed E-state index contributed by atoms with van der Waals surface area (Å²) in [4.78, 5) is 4.71. The van der Waals surface area contributed by atoms with E-state index < -0.39 is 0 Å². The number of aromatic hydroxyl groups is 2. The average molecular weight is 183 g/mol. The van der Waals surface area contributed by atoms with Crippen molar-refractivity contribution >= 4 is 0 Å². The van der Waals surface area contributed by atoms with Gasteiger partial charge in [-0.2, -0.15) is 5.48 Å². The molecule has 0 heterocycles. The number of phenolic OH excluding ortho intramolecular Hbond substituents is 2. The maximum absolute atomic E-state index is 9.43. The molecule has 1 atom stereocenters. The summed E-state index contributed by atoms with van der Waals surface area (Å²) in [6.45, 7) is 1.82. The summed E-state index contributed by atoms with van der Waals surface area (Å²) in [5, 5.41) is 18.6. The zero-order valence-corrected chi connectivity index (χ0v) is 7.61. The number of rotatable bonds is 3. The van der Waals surface area contributed by atoms with Gasteiger partial charge in [0.05, 0.1) is 13.2 Å². The zero-order chi connectivity index (χ0) is 9.84. The SMILES string of the molecule is CONC(C)c1cc(O)ccc1O. The third-order valence-electron chi connectivity index (χ3n) is 1.77. The quantitative estimate of drug-likeness (QED) is 0.488. The molecule has 0 saturated heterocycles. The molecule has 0 amide bonds. The number of nitrogens with one attached hydrogen (secondary N) is 1. The van der Waals surface area contributed by atoms with Gasteiger partial charge in [-0.3, -0.25) is 0 Å². The Balaban J connectivity index is 2.91. The molecule has 4 heteroatoms. The molecule has 0 saturated carbocycles. The van der Waals surface area contributed by atoms with E-state index in [2.05, 4.69) is 5.48 Å². The highest BCUT2D eigenvalue weighted by Gasteiger charge is 2.10. The summed E-state index contributed by atoms with van der Waals surface area (Å²) < 4.78 is 0. The van der Waals surface area contributed by atoms with Gasteiger partial charge in [-0.15, -0.1) is 0 Å². The minimum absolute atomic E-state index is 0.123. The predicted octanol–water partition coefficient (Wildman–Crippen LogP) is 1.31. The number of hydroxylamine groups is 1. The molecule has 0 spiro atoms. The smallest absolute Gasteiger partial charge is 0.120 e. The summed E-state index contributed by atoms with van der Waals surface area (Å²) in [6, 6.07) is 4.19. The van der Waals surface area contributed by atoms with Crippen molar-refractivity contribution in [2.75, 3.05) is 7.11 Å². The Morgan fingerprint density at radius 3 is 2.69 bits per heavy atom. The Morgan fingerprint density at radius 1 is 1.38 bits per heavy atom. The van der Waals surface area contributed by atoms with Crippen LogP contribution in [0.3, 0.4) is 0 Å². The van der Waals surface area contributed by atoms with Crippen molar-refractivity contribution in [3.63, 3.8) is 0 Å². The molecule has 0 radical (unpaired) electrons. The molecule has 0 aliphatic carbocycles. The second kappa shape index (κ2) is 4.11. The molecule has 0 aliphatic heterocycles. The van der Waals surface area contributed by atoms with Crippen molar-refractivity contribution in [1.29, 1.82) is 0 Å². The van der Waals surface area contributed by atoms with Crippen LogP contribution in [0.4, 0.5) is 0 Å². The summed E-state index contributed by atoms with van der Waals surface area (Å²) in [5.74, 6) is 0.257. The minimum Gasteiger partial charge on any atom is -0.508 e.